The van der Waals surface area contributed by atoms with Gasteiger partial charge in [-0.15, -0.1) is 0 Å². The fourth-order valence-electron chi connectivity index (χ4n) is 4.49. The van der Waals surface area contributed by atoms with Gasteiger partial charge in [-0.1, -0.05) is 104 Å². The minimum atomic E-state index is -4.19. The molecule has 1 aliphatic heterocycles. The number of hydrogen-bond acceptors (Lipinski definition) is 4. The van der Waals surface area contributed by atoms with Gasteiger partial charge in [0.15, 0.2) is 0 Å². The molecule has 0 amide bonds. The van der Waals surface area contributed by atoms with E-state index in [0.29, 0.717) is 5.92 Å². The van der Waals surface area contributed by atoms with E-state index in [4.69, 9.17) is 9.05 Å². The number of rotatable bonds is 19. The van der Waals surface area contributed by atoms with Gasteiger partial charge in [-0.3, -0.25) is 4.57 Å². The topological polar surface area (TPSA) is 63.0 Å². The van der Waals surface area contributed by atoms with Crippen LogP contribution in [0.15, 0.2) is 0 Å². The first kappa shape index (κ1) is 28.1. The zero-order valence-electron chi connectivity index (χ0n) is 20.2. The maximum absolute atomic E-state index is 12.2. The molecular weight excluding hydrogens is 397 g/mol. The first-order valence-corrected chi connectivity index (χ1v) is 14.4. The van der Waals surface area contributed by atoms with Crippen LogP contribution in [0.5, 0.6) is 0 Å². The molecule has 0 aromatic rings. The highest BCUT2D eigenvalue weighted by Crippen LogP contribution is 2.42. The molecule has 1 rings (SSSR count). The van der Waals surface area contributed by atoms with E-state index in [9.17, 15) is 9.46 Å². The molecule has 5 nitrogen and oxygen atoms in total. The van der Waals surface area contributed by atoms with E-state index in [2.05, 4.69) is 20.9 Å². The zero-order valence-corrected chi connectivity index (χ0v) is 21.1. The minimum absolute atomic E-state index is 0.233. The van der Waals surface area contributed by atoms with E-state index in [1.807, 2.05) is 0 Å². The van der Waals surface area contributed by atoms with Crippen molar-refractivity contribution in [3.63, 3.8) is 0 Å². The molecule has 1 fully saturated rings. The fourth-order valence-corrected chi connectivity index (χ4v) is 5.48. The third kappa shape index (κ3) is 14.2. The van der Waals surface area contributed by atoms with Gasteiger partial charge in [0.05, 0.1) is 20.2 Å². The molecule has 180 valence electrons. The predicted molar refractivity (Wildman–Crippen MR) is 124 cm³/mol. The first-order valence-electron chi connectivity index (χ1n) is 12.9. The Hall–Kier alpha value is 0.0700. The second-order valence-electron chi connectivity index (χ2n) is 9.39. The van der Waals surface area contributed by atoms with Gasteiger partial charge in [0.25, 0.3) is 7.82 Å². The smallest absolute Gasteiger partial charge is 0.268 e. The van der Waals surface area contributed by atoms with E-state index in [1.54, 1.807) is 0 Å². The standard InChI is InChI=1S/C24H50NO4P/c1-4-6-7-8-9-10-11-12-13-14-15-16-17-18-21-28-30(26,27)29-24-22-25(3)20-19-23(24)5-2/h23-24H,4-22H2,1-3H3,(H,26,27). The SMILES string of the molecule is CCCCCCCCCCCCCCCCOP(=O)([O-])OC1C[NH+](C)CCC1CC. The number of nitrogens with one attached hydrogen (secondary N) is 1. The van der Waals surface area contributed by atoms with Crippen LogP contribution >= 0.6 is 7.82 Å². The second kappa shape index (κ2) is 17.6. The van der Waals surface area contributed by atoms with E-state index in [-0.39, 0.29) is 12.7 Å². The van der Waals surface area contributed by atoms with E-state index in [1.165, 1.54) is 81.9 Å². The van der Waals surface area contributed by atoms with Gasteiger partial charge < -0.3 is 18.8 Å². The van der Waals surface area contributed by atoms with Crippen molar-refractivity contribution >= 4 is 7.82 Å². The molecule has 0 saturated carbocycles. The van der Waals surface area contributed by atoms with Crippen molar-refractivity contribution in [1.82, 2.24) is 0 Å². The third-order valence-electron chi connectivity index (χ3n) is 6.55. The van der Waals surface area contributed by atoms with Crippen LogP contribution in [0.2, 0.25) is 0 Å². The van der Waals surface area contributed by atoms with Gasteiger partial charge in [-0.25, -0.2) is 0 Å². The van der Waals surface area contributed by atoms with Crippen molar-refractivity contribution in [3.8, 4) is 0 Å². The summed E-state index contributed by atoms with van der Waals surface area (Å²) in [5, 5.41) is 0. The summed E-state index contributed by atoms with van der Waals surface area (Å²) in [5.41, 5.74) is 0. The van der Waals surface area contributed by atoms with Gasteiger partial charge in [-0.2, -0.15) is 0 Å². The maximum Gasteiger partial charge on any atom is 0.268 e. The quantitative estimate of drug-likeness (QED) is 0.216. The molecule has 1 aliphatic rings. The number of unbranched alkanes of at least 4 members (excludes halogenated alkanes) is 13. The van der Waals surface area contributed by atoms with Gasteiger partial charge in [0.2, 0.25) is 0 Å². The summed E-state index contributed by atoms with van der Waals surface area (Å²) >= 11 is 0. The minimum Gasteiger partial charge on any atom is -0.756 e. The van der Waals surface area contributed by atoms with Crippen molar-refractivity contribution in [2.45, 2.75) is 123 Å². The number of likely N-dealkylation sites (tertiary alicyclic amines) is 1. The van der Waals surface area contributed by atoms with Crippen molar-refractivity contribution in [3.05, 3.63) is 0 Å². The Bertz CT molecular complexity index is 449. The molecule has 4 unspecified atom stereocenters. The van der Waals surface area contributed by atoms with Crippen molar-refractivity contribution in [1.29, 1.82) is 0 Å². The third-order valence-corrected chi connectivity index (χ3v) is 7.58. The fraction of sp³-hybridized carbons (Fsp3) is 1.00. The van der Waals surface area contributed by atoms with Gasteiger partial charge in [0, 0.05) is 6.42 Å². The zero-order chi connectivity index (χ0) is 22.1. The molecule has 6 heteroatoms. The maximum atomic E-state index is 12.2. The Kier molecular flexibility index (Phi) is 16.5. The van der Waals surface area contributed by atoms with Gasteiger partial charge in [-0.05, 0) is 12.3 Å². The molecule has 1 saturated heterocycles. The second-order valence-corrected chi connectivity index (χ2v) is 10.8. The number of piperidine rings is 1. The molecule has 1 N–H and O–H groups in total. The number of phosphoric ester groups is 1. The summed E-state index contributed by atoms with van der Waals surface area (Å²) in [7, 11) is -2.10. The molecule has 0 spiro atoms. The average molecular weight is 448 g/mol. The lowest BCUT2D eigenvalue weighted by atomic mass is 9.92. The summed E-state index contributed by atoms with van der Waals surface area (Å²) in [6.45, 7) is 6.45. The summed E-state index contributed by atoms with van der Waals surface area (Å²) < 4.78 is 22.7. The Morgan fingerprint density at radius 1 is 0.867 bits per heavy atom. The van der Waals surface area contributed by atoms with E-state index < -0.39 is 7.82 Å². The van der Waals surface area contributed by atoms with Crippen molar-refractivity contribution < 1.29 is 23.4 Å². The van der Waals surface area contributed by atoms with Crippen LogP contribution in [0.1, 0.15) is 117 Å². The lowest BCUT2D eigenvalue weighted by Gasteiger charge is -2.37. The average Bonchev–Trinajstić information content (AvgIpc) is 2.70. The van der Waals surface area contributed by atoms with Crippen LogP contribution < -0.4 is 9.79 Å². The molecular formula is C24H50NO4P. The molecule has 1 heterocycles. The molecule has 0 aromatic carbocycles. The Balaban J connectivity index is 1.95. The molecule has 0 aliphatic carbocycles. The Labute approximate surface area is 186 Å². The number of likely N-dealkylation sites (N-methyl/N-ethyl adjacent to an activating group) is 1. The summed E-state index contributed by atoms with van der Waals surface area (Å²) in [6.07, 6.45) is 19.7. The van der Waals surface area contributed by atoms with Crippen LogP contribution in [-0.4, -0.2) is 32.8 Å². The summed E-state index contributed by atoms with van der Waals surface area (Å²) in [4.78, 5) is 13.5. The number of hydrogen-bond donors (Lipinski definition) is 1. The molecule has 30 heavy (non-hydrogen) atoms. The molecule has 0 radical (unpaired) electrons. The largest absolute Gasteiger partial charge is 0.756 e. The highest BCUT2D eigenvalue weighted by Gasteiger charge is 2.32. The van der Waals surface area contributed by atoms with Gasteiger partial charge in [0.1, 0.15) is 12.6 Å². The van der Waals surface area contributed by atoms with E-state index >= 15 is 0 Å². The highest BCUT2D eigenvalue weighted by atomic mass is 31.2. The monoisotopic (exact) mass is 447 g/mol. The Morgan fingerprint density at radius 3 is 1.87 bits per heavy atom. The summed E-state index contributed by atoms with van der Waals surface area (Å²) in [6, 6.07) is 0. The normalized spacial score (nSPS) is 24.1. The van der Waals surface area contributed by atoms with Crippen LogP contribution in [0, 0.1) is 5.92 Å². The van der Waals surface area contributed by atoms with E-state index in [0.717, 1.165) is 38.8 Å². The number of phosphoric acid groups is 1. The molecule has 4 atom stereocenters. The van der Waals surface area contributed by atoms with Crippen LogP contribution in [-0.2, 0) is 13.6 Å². The van der Waals surface area contributed by atoms with Crippen LogP contribution in [0.4, 0.5) is 0 Å². The number of quaternary nitrogens is 1. The Morgan fingerprint density at radius 2 is 1.37 bits per heavy atom. The lowest BCUT2D eigenvalue weighted by molar-refractivity contribution is -0.889. The lowest BCUT2D eigenvalue weighted by Crippen LogP contribution is -3.11. The summed E-state index contributed by atoms with van der Waals surface area (Å²) in [5.74, 6) is 0.320. The molecule has 0 bridgehead atoms. The van der Waals surface area contributed by atoms with Crippen LogP contribution in [0.3, 0.4) is 0 Å². The predicted octanol–water partition coefficient (Wildman–Crippen LogP) is 5.28. The van der Waals surface area contributed by atoms with Crippen molar-refractivity contribution in [2.75, 3.05) is 26.7 Å². The van der Waals surface area contributed by atoms with Crippen molar-refractivity contribution in [2.24, 2.45) is 5.92 Å². The van der Waals surface area contributed by atoms with Gasteiger partial charge >= 0.3 is 0 Å². The first-order chi connectivity index (χ1) is 14.5. The molecule has 0 aromatic heterocycles. The highest BCUT2D eigenvalue weighted by molar-refractivity contribution is 7.45. The van der Waals surface area contributed by atoms with Crippen LogP contribution in [0.25, 0.3) is 0 Å².